The quantitative estimate of drug-likeness (QED) is 0.655. The first-order valence-electron chi connectivity index (χ1n) is 5.93. The Morgan fingerprint density at radius 3 is 2.18 bits per heavy atom. The van der Waals surface area contributed by atoms with Crippen LogP contribution in [0.5, 0.6) is 0 Å². The van der Waals surface area contributed by atoms with Crippen molar-refractivity contribution in [2.45, 2.75) is 52.2 Å². The average molecular weight is 249 g/mol. The maximum Gasteiger partial charge on any atom is 0.236 e. The molecule has 0 amide bonds. The summed E-state index contributed by atoms with van der Waals surface area (Å²) in [5.74, 6) is 0. The smallest absolute Gasteiger partial charge is 0.236 e. The zero-order chi connectivity index (χ0) is 13.3. The van der Waals surface area contributed by atoms with Gasteiger partial charge in [-0.15, -0.1) is 0 Å². The van der Waals surface area contributed by atoms with E-state index >= 15 is 0 Å². The van der Waals surface area contributed by atoms with Crippen LogP contribution in [-0.4, -0.2) is 9.76 Å². The second-order valence-corrected chi connectivity index (χ2v) is 7.94. The van der Waals surface area contributed by atoms with Crippen LogP contribution in [0.2, 0.25) is 5.04 Å². The molecule has 0 fully saturated rings. The Morgan fingerprint density at radius 1 is 1.12 bits per heavy atom. The Kier molecular flexibility index (Phi) is 4.05. The molecule has 0 bridgehead atoms. The Balaban J connectivity index is 2.85. The molecule has 0 aliphatic heterocycles. The fourth-order valence-corrected chi connectivity index (χ4v) is 2.03. The van der Waals surface area contributed by atoms with E-state index in [9.17, 15) is 0 Å². The number of nitrogens with two attached hydrogens (primary N) is 1. The number of nitrogen functional groups attached to an aromatic ring is 1. The molecule has 3 heteroatoms. The molecule has 0 aliphatic rings. The van der Waals surface area contributed by atoms with Gasteiger partial charge in [0.25, 0.3) is 0 Å². The Hall–Kier alpha value is -0.803. The van der Waals surface area contributed by atoms with E-state index in [0.29, 0.717) is 9.76 Å². The molecule has 1 aromatic carbocycles. The summed E-state index contributed by atoms with van der Waals surface area (Å²) in [4.78, 5) is 0. The monoisotopic (exact) mass is 249 g/mol. The van der Waals surface area contributed by atoms with Gasteiger partial charge >= 0.3 is 0 Å². The standard InChI is InChI=1S/C14H23NOSi/c1-10-7-8-11(9-12(10)15)14(5,6)16-17-13(2,3)4/h7-9H,15H2,1-6H3. The molecule has 0 aliphatic carbocycles. The lowest BCUT2D eigenvalue weighted by molar-refractivity contribution is 0.109. The van der Waals surface area contributed by atoms with Crippen LogP contribution in [0, 0.1) is 6.92 Å². The summed E-state index contributed by atoms with van der Waals surface area (Å²) in [5, 5.41) is 0.202. The molecule has 2 nitrogen and oxygen atoms in total. The lowest BCUT2D eigenvalue weighted by Gasteiger charge is -2.30. The molecule has 2 radical (unpaired) electrons. The second-order valence-electron chi connectivity index (χ2n) is 6.04. The third-order valence-corrected chi connectivity index (χ3v) is 3.81. The maximum absolute atomic E-state index is 6.05. The topological polar surface area (TPSA) is 35.2 Å². The van der Waals surface area contributed by atoms with Crippen molar-refractivity contribution in [2.75, 3.05) is 5.73 Å². The molecular weight excluding hydrogens is 226 g/mol. The number of hydrogen-bond acceptors (Lipinski definition) is 2. The number of rotatable bonds is 3. The Morgan fingerprint density at radius 2 is 1.71 bits per heavy atom. The van der Waals surface area contributed by atoms with E-state index in [1.807, 2.05) is 13.0 Å². The van der Waals surface area contributed by atoms with Crippen LogP contribution in [0.4, 0.5) is 5.69 Å². The zero-order valence-electron chi connectivity index (χ0n) is 11.7. The molecule has 0 saturated heterocycles. The highest BCUT2D eigenvalue weighted by Crippen LogP contribution is 2.30. The maximum atomic E-state index is 6.05. The molecule has 0 spiro atoms. The molecular formula is C14H23NOSi. The van der Waals surface area contributed by atoms with Gasteiger partial charge in [0.1, 0.15) is 0 Å². The fourth-order valence-electron chi connectivity index (χ4n) is 1.35. The van der Waals surface area contributed by atoms with E-state index in [-0.39, 0.29) is 10.6 Å². The van der Waals surface area contributed by atoms with Crippen molar-refractivity contribution in [2.24, 2.45) is 0 Å². The van der Waals surface area contributed by atoms with Gasteiger partial charge in [-0.3, -0.25) is 0 Å². The predicted octanol–water partition coefficient (Wildman–Crippen LogP) is 3.67. The van der Waals surface area contributed by atoms with E-state index in [2.05, 4.69) is 46.8 Å². The van der Waals surface area contributed by atoms with E-state index < -0.39 is 0 Å². The van der Waals surface area contributed by atoms with E-state index in [0.717, 1.165) is 16.8 Å². The molecule has 0 aromatic heterocycles. The lowest BCUT2D eigenvalue weighted by atomic mass is 9.96. The van der Waals surface area contributed by atoms with Crippen molar-refractivity contribution in [3.8, 4) is 0 Å². The van der Waals surface area contributed by atoms with Crippen molar-refractivity contribution in [1.82, 2.24) is 0 Å². The van der Waals surface area contributed by atoms with Gasteiger partial charge < -0.3 is 10.2 Å². The van der Waals surface area contributed by atoms with Gasteiger partial charge in [0.05, 0.1) is 5.60 Å². The van der Waals surface area contributed by atoms with E-state index in [1.165, 1.54) is 0 Å². The largest absolute Gasteiger partial charge is 0.408 e. The van der Waals surface area contributed by atoms with Gasteiger partial charge in [-0.05, 0) is 43.0 Å². The van der Waals surface area contributed by atoms with Crippen molar-refractivity contribution in [3.05, 3.63) is 29.3 Å². The first-order valence-corrected chi connectivity index (χ1v) is 6.84. The minimum absolute atomic E-state index is 0.202. The van der Waals surface area contributed by atoms with Gasteiger partial charge in [0, 0.05) is 5.69 Å². The van der Waals surface area contributed by atoms with Crippen molar-refractivity contribution in [3.63, 3.8) is 0 Å². The lowest BCUT2D eigenvalue weighted by Crippen LogP contribution is -2.27. The highest BCUT2D eigenvalue weighted by atomic mass is 28.2. The molecule has 0 heterocycles. The molecule has 0 saturated carbocycles. The number of anilines is 1. The summed E-state index contributed by atoms with van der Waals surface area (Å²) in [5.41, 5.74) is 8.74. The minimum atomic E-state index is -0.284. The van der Waals surface area contributed by atoms with Crippen LogP contribution in [0.1, 0.15) is 45.7 Å². The Bertz CT molecular complexity index is 394. The van der Waals surface area contributed by atoms with Crippen LogP contribution in [-0.2, 0) is 10.0 Å². The van der Waals surface area contributed by atoms with Crippen molar-refractivity contribution >= 4 is 15.5 Å². The zero-order valence-corrected chi connectivity index (χ0v) is 12.7. The SMILES string of the molecule is Cc1ccc(C(C)(C)O[Si]C(C)(C)C)cc1N. The highest BCUT2D eigenvalue weighted by molar-refractivity contribution is 6.31. The number of benzene rings is 1. The van der Waals surface area contributed by atoms with Crippen LogP contribution < -0.4 is 5.73 Å². The minimum Gasteiger partial charge on any atom is -0.408 e. The predicted molar refractivity (Wildman–Crippen MR) is 75.2 cm³/mol. The summed E-state index contributed by atoms with van der Waals surface area (Å²) >= 11 is 0. The second kappa shape index (κ2) is 4.82. The van der Waals surface area contributed by atoms with Crippen LogP contribution in [0.15, 0.2) is 18.2 Å². The third-order valence-electron chi connectivity index (χ3n) is 2.59. The van der Waals surface area contributed by atoms with E-state index in [1.54, 1.807) is 0 Å². The average Bonchev–Trinajstić information content (AvgIpc) is 2.18. The molecule has 1 rings (SSSR count). The van der Waals surface area contributed by atoms with Gasteiger partial charge in [-0.1, -0.05) is 32.9 Å². The van der Waals surface area contributed by atoms with Gasteiger partial charge in [-0.25, -0.2) is 0 Å². The highest BCUT2D eigenvalue weighted by Gasteiger charge is 2.25. The molecule has 1 aromatic rings. The molecule has 0 atom stereocenters. The van der Waals surface area contributed by atoms with Gasteiger partial charge in [0.2, 0.25) is 9.76 Å². The molecule has 2 N–H and O–H groups in total. The van der Waals surface area contributed by atoms with Crippen molar-refractivity contribution in [1.29, 1.82) is 0 Å². The fraction of sp³-hybridized carbons (Fsp3) is 0.571. The van der Waals surface area contributed by atoms with Gasteiger partial charge in [-0.2, -0.15) is 0 Å². The van der Waals surface area contributed by atoms with E-state index in [4.69, 9.17) is 10.2 Å². The van der Waals surface area contributed by atoms with Crippen LogP contribution in [0.25, 0.3) is 0 Å². The van der Waals surface area contributed by atoms with Crippen LogP contribution in [0.3, 0.4) is 0 Å². The summed E-state index contributed by atoms with van der Waals surface area (Å²) in [6.07, 6.45) is 0. The normalized spacial score (nSPS) is 12.8. The molecule has 17 heavy (non-hydrogen) atoms. The van der Waals surface area contributed by atoms with Crippen LogP contribution >= 0.6 is 0 Å². The summed E-state index contributed by atoms with van der Waals surface area (Å²) in [6.45, 7) is 12.8. The third kappa shape index (κ3) is 4.17. The number of aryl methyl sites for hydroxylation is 1. The number of hydrogen-bond donors (Lipinski definition) is 1. The van der Waals surface area contributed by atoms with Gasteiger partial charge in [0.15, 0.2) is 0 Å². The molecule has 94 valence electrons. The first-order chi connectivity index (χ1) is 7.62. The Labute approximate surface area is 108 Å². The summed E-state index contributed by atoms with van der Waals surface area (Å²) in [6, 6.07) is 6.16. The van der Waals surface area contributed by atoms with Crippen molar-refractivity contribution < 1.29 is 4.43 Å². The first kappa shape index (κ1) is 14.3. The molecule has 0 unspecified atom stereocenters. The summed E-state index contributed by atoms with van der Waals surface area (Å²) < 4.78 is 6.05. The summed E-state index contributed by atoms with van der Waals surface area (Å²) in [7, 11) is 0.472.